The number of nitrogens with one attached hydrogen (secondary N) is 1. The number of imidazole rings is 1. The molecule has 0 saturated carbocycles. The number of hydrogen-bond acceptors (Lipinski definition) is 9. The van der Waals surface area contributed by atoms with Crippen LogP contribution in [0.5, 0.6) is 0 Å². The summed E-state index contributed by atoms with van der Waals surface area (Å²) in [5.41, 5.74) is 5.18. The maximum atomic E-state index is 13.5. The average Bonchev–Trinajstić information content (AvgIpc) is 3.71. The molecule has 12 nitrogen and oxygen atoms in total. The van der Waals surface area contributed by atoms with Crippen LogP contribution in [0.2, 0.25) is 0 Å². The fraction of sp³-hybridized carbons (Fsp3) is 0.250. The molecule has 0 radical (unpaired) electrons. The van der Waals surface area contributed by atoms with Gasteiger partial charge in [0.25, 0.3) is 5.91 Å². The molecule has 2 fully saturated rings. The Morgan fingerprint density at radius 3 is 2.50 bits per heavy atom. The zero-order chi connectivity index (χ0) is 32.8. The first-order chi connectivity index (χ1) is 23.4. The number of carbonyl (C=O) groups is 3. The van der Waals surface area contributed by atoms with Gasteiger partial charge < -0.3 is 4.90 Å². The molecule has 3 amide bonds. The first kappa shape index (κ1) is 29.5. The molecule has 3 aliphatic heterocycles. The van der Waals surface area contributed by atoms with E-state index in [1.54, 1.807) is 28.2 Å². The highest BCUT2D eigenvalue weighted by Gasteiger charge is 2.40. The summed E-state index contributed by atoms with van der Waals surface area (Å²) in [5, 5.41) is 13.3. The quantitative estimate of drug-likeness (QED) is 0.266. The van der Waals surface area contributed by atoms with Crippen LogP contribution in [0.15, 0.2) is 79.4 Å². The van der Waals surface area contributed by atoms with Crippen molar-refractivity contribution in [3.05, 3.63) is 107 Å². The van der Waals surface area contributed by atoms with Crippen LogP contribution >= 0.6 is 0 Å². The van der Waals surface area contributed by atoms with E-state index >= 15 is 0 Å². The highest BCUT2D eigenvalue weighted by Crippen LogP contribution is 2.41. The van der Waals surface area contributed by atoms with Gasteiger partial charge in [-0.2, -0.15) is 10.2 Å². The van der Waals surface area contributed by atoms with Crippen molar-refractivity contribution in [1.29, 1.82) is 5.26 Å². The first-order valence-electron chi connectivity index (χ1n) is 16.0. The van der Waals surface area contributed by atoms with Gasteiger partial charge in [-0.3, -0.25) is 34.1 Å². The number of piperazine rings is 1. The Bertz CT molecular complexity index is 2130. The van der Waals surface area contributed by atoms with Gasteiger partial charge in [0.2, 0.25) is 17.8 Å². The SMILES string of the molecule is N#Cc1cn(-c2nccc(N3CCN(Cc4ccc(Cc5ccc6c7c(cccc57)C(=O)N6C5CCC(=O)NC5=O)cc4)CC3)n2)cn1. The number of rotatable bonds is 7. The lowest BCUT2D eigenvalue weighted by atomic mass is 9.95. The highest BCUT2D eigenvalue weighted by atomic mass is 16.2. The maximum absolute atomic E-state index is 13.5. The molecule has 3 aliphatic rings. The largest absolute Gasteiger partial charge is 0.354 e. The second-order valence-electron chi connectivity index (χ2n) is 12.4. The molecule has 8 rings (SSSR count). The molecule has 3 aromatic carbocycles. The van der Waals surface area contributed by atoms with Gasteiger partial charge in [0.15, 0.2) is 5.69 Å². The van der Waals surface area contributed by atoms with E-state index < -0.39 is 11.9 Å². The van der Waals surface area contributed by atoms with E-state index in [1.165, 1.54) is 11.1 Å². The standard InChI is InChI=1S/C36H31N9O3/c37-19-26-21-44(22-39-26)36-38-13-12-31(40-36)43-16-14-42(15-17-43)20-24-6-4-23(5-7-24)18-25-8-9-29-33-27(25)2-1-3-28(33)35(48)45(29)30-10-11-32(46)41-34(30)47/h1-9,12-13,21-22,30H,10-11,14-18,20H2,(H,41,46,47). The summed E-state index contributed by atoms with van der Waals surface area (Å²) in [7, 11) is 0. The van der Waals surface area contributed by atoms with Gasteiger partial charge >= 0.3 is 0 Å². The zero-order valence-corrected chi connectivity index (χ0v) is 26.0. The van der Waals surface area contributed by atoms with Gasteiger partial charge in [-0.15, -0.1) is 0 Å². The average molecular weight is 638 g/mol. The van der Waals surface area contributed by atoms with Crippen LogP contribution in [0.4, 0.5) is 11.5 Å². The maximum Gasteiger partial charge on any atom is 0.259 e. The van der Waals surface area contributed by atoms with Gasteiger partial charge in [0.1, 0.15) is 24.3 Å². The first-order valence-corrected chi connectivity index (χ1v) is 16.0. The normalized spacial score (nSPS) is 18.0. The minimum absolute atomic E-state index is 0.196. The van der Waals surface area contributed by atoms with Crippen LogP contribution in [-0.4, -0.2) is 74.4 Å². The van der Waals surface area contributed by atoms with Gasteiger partial charge in [-0.1, -0.05) is 42.5 Å². The number of anilines is 2. The van der Waals surface area contributed by atoms with Crippen molar-refractivity contribution in [2.45, 2.75) is 31.8 Å². The fourth-order valence-electron chi connectivity index (χ4n) is 6.96. The molecule has 0 aliphatic carbocycles. The van der Waals surface area contributed by atoms with E-state index in [9.17, 15) is 14.4 Å². The molecule has 12 heteroatoms. The molecule has 48 heavy (non-hydrogen) atoms. The lowest BCUT2D eigenvalue weighted by Gasteiger charge is -2.35. The molecule has 2 saturated heterocycles. The molecule has 2 aromatic heterocycles. The summed E-state index contributed by atoms with van der Waals surface area (Å²) < 4.78 is 1.66. The third kappa shape index (κ3) is 5.34. The van der Waals surface area contributed by atoms with E-state index in [0.29, 0.717) is 30.0 Å². The van der Waals surface area contributed by atoms with E-state index in [0.717, 1.165) is 60.6 Å². The van der Waals surface area contributed by atoms with E-state index in [2.05, 4.69) is 49.4 Å². The smallest absolute Gasteiger partial charge is 0.259 e. The van der Waals surface area contributed by atoms with E-state index in [1.807, 2.05) is 42.5 Å². The molecule has 1 atom stereocenters. The van der Waals surface area contributed by atoms with Crippen molar-refractivity contribution < 1.29 is 14.4 Å². The van der Waals surface area contributed by atoms with Crippen molar-refractivity contribution in [3.8, 4) is 12.0 Å². The van der Waals surface area contributed by atoms with Crippen molar-refractivity contribution >= 4 is 40.0 Å². The topological polar surface area (TPSA) is 140 Å². The van der Waals surface area contributed by atoms with Crippen LogP contribution in [0, 0.1) is 11.3 Å². The zero-order valence-electron chi connectivity index (χ0n) is 26.0. The number of nitriles is 1. The fourth-order valence-corrected chi connectivity index (χ4v) is 6.96. The number of aromatic nitrogens is 4. The molecule has 238 valence electrons. The van der Waals surface area contributed by atoms with Gasteiger partial charge in [0.05, 0.1) is 5.69 Å². The summed E-state index contributed by atoms with van der Waals surface area (Å²) in [4.78, 5) is 57.2. The number of nitrogens with zero attached hydrogens (tertiary/aromatic N) is 8. The molecular weight excluding hydrogens is 606 g/mol. The molecular formula is C36H31N9O3. The molecule has 0 bridgehead atoms. The van der Waals surface area contributed by atoms with Crippen LogP contribution in [0.1, 0.15) is 45.6 Å². The molecule has 1 unspecified atom stereocenters. The van der Waals surface area contributed by atoms with Gasteiger partial charge in [-0.05, 0) is 53.1 Å². The van der Waals surface area contributed by atoms with Crippen molar-refractivity contribution in [1.82, 2.24) is 29.7 Å². The van der Waals surface area contributed by atoms with Gasteiger partial charge in [0, 0.05) is 62.5 Å². The lowest BCUT2D eigenvalue weighted by Crippen LogP contribution is -2.53. The van der Waals surface area contributed by atoms with Crippen LogP contribution < -0.4 is 15.1 Å². The Morgan fingerprint density at radius 1 is 0.917 bits per heavy atom. The molecule has 0 spiro atoms. The van der Waals surface area contributed by atoms with E-state index in [4.69, 9.17) is 10.2 Å². The highest BCUT2D eigenvalue weighted by molar-refractivity contribution is 6.27. The number of hydrogen-bond donors (Lipinski definition) is 1. The minimum Gasteiger partial charge on any atom is -0.354 e. The van der Waals surface area contributed by atoms with Crippen LogP contribution in [-0.2, 0) is 22.6 Å². The van der Waals surface area contributed by atoms with E-state index in [-0.39, 0.29) is 18.2 Å². The predicted molar refractivity (Wildman–Crippen MR) is 178 cm³/mol. The second kappa shape index (κ2) is 12.0. The molecule has 5 heterocycles. The summed E-state index contributed by atoms with van der Waals surface area (Å²) in [6.45, 7) is 4.35. The number of piperidine rings is 1. The van der Waals surface area contributed by atoms with Crippen molar-refractivity contribution in [3.63, 3.8) is 0 Å². The number of imide groups is 1. The van der Waals surface area contributed by atoms with Crippen molar-refractivity contribution in [2.24, 2.45) is 0 Å². The van der Waals surface area contributed by atoms with Crippen LogP contribution in [0.25, 0.3) is 16.7 Å². The predicted octanol–water partition coefficient (Wildman–Crippen LogP) is 3.37. The summed E-state index contributed by atoms with van der Waals surface area (Å²) in [6, 6.07) is 21.7. The lowest BCUT2D eigenvalue weighted by molar-refractivity contribution is -0.134. The Morgan fingerprint density at radius 2 is 1.73 bits per heavy atom. The summed E-state index contributed by atoms with van der Waals surface area (Å²) >= 11 is 0. The number of benzene rings is 3. The Balaban J connectivity index is 0.919. The Labute approximate surface area is 276 Å². The Kier molecular flexibility index (Phi) is 7.38. The number of carbonyl (C=O) groups excluding carboxylic acids is 3. The summed E-state index contributed by atoms with van der Waals surface area (Å²) in [5.74, 6) is 0.427. The second-order valence-corrected chi connectivity index (χ2v) is 12.4. The number of amides is 3. The Hall–Kier alpha value is -5.93. The third-order valence-corrected chi connectivity index (χ3v) is 9.42. The molecule has 1 N–H and O–H groups in total. The van der Waals surface area contributed by atoms with Crippen molar-refractivity contribution in [2.75, 3.05) is 36.0 Å². The third-order valence-electron chi connectivity index (χ3n) is 9.42. The van der Waals surface area contributed by atoms with Gasteiger partial charge in [-0.25, -0.2) is 9.97 Å². The molecule has 5 aromatic rings. The minimum atomic E-state index is -0.695. The monoisotopic (exact) mass is 637 g/mol. The van der Waals surface area contributed by atoms with Crippen LogP contribution in [0.3, 0.4) is 0 Å². The summed E-state index contributed by atoms with van der Waals surface area (Å²) in [6.07, 6.45) is 6.15.